The Morgan fingerprint density at radius 3 is 2.94 bits per heavy atom. The molecule has 2 heteroatoms. The summed E-state index contributed by atoms with van der Waals surface area (Å²) in [4.78, 5) is 9.03. The van der Waals surface area contributed by atoms with Crippen LogP contribution < -0.4 is 0 Å². The van der Waals surface area contributed by atoms with Gasteiger partial charge in [-0.1, -0.05) is 55.5 Å². The van der Waals surface area contributed by atoms with Crippen LogP contribution in [0, 0.1) is 5.92 Å². The van der Waals surface area contributed by atoms with Gasteiger partial charge in [0.2, 0.25) is 0 Å². The van der Waals surface area contributed by atoms with Gasteiger partial charge in [0.15, 0.2) is 5.82 Å². The maximum atomic E-state index is 4.60. The fraction of sp³-hybridized carbons (Fsp3) is 0.125. The van der Waals surface area contributed by atoms with E-state index in [2.05, 4.69) is 47.3 Å². The van der Waals surface area contributed by atoms with Crippen molar-refractivity contribution in [3.05, 3.63) is 66.7 Å². The second kappa shape index (κ2) is 4.57. The SMILES string of the molecule is CC1C=CC=C(c2ncc3ccccc3n2)C=C1. The zero-order valence-corrected chi connectivity index (χ0v) is 10.2. The molecule has 18 heavy (non-hydrogen) atoms. The Bertz CT molecular complexity index is 666. The third-order valence-electron chi connectivity index (χ3n) is 3.02. The zero-order chi connectivity index (χ0) is 12.4. The normalized spacial score (nSPS) is 18.7. The van der Waals surface area contributed by atoms with Gasteiger partial charge in [0, 0.05) is 17.2 Å². The fourth-order valence-electron chi connectivity index (χ4n) is 1.97. The van der Waals surface area contributed by atoms with Gasteiger partial charge >= 0.3 is 0 Å². The number of rotatable bonds is 1. The van der Waals surface area contributed by atoms with Crippen LogP contribution in [0.5, 0.6) is 0 Å². The first-order chi connectivity index (χ1) is 8.83. The van der Waals surface area contributed by atoms with Gasteiger partial charge in [-0.2, -0.15) is 0 Å². The third-order valence-corrected chi connectivity index (χ3v) is 3.02. The highest BCUT2D eigenvalue weighted by Crippen LogP contribution is 2.19. The average molecular weight is 234 g/mol. The Morgan fingerprint density at radius 1 is 1.11 bits per heavy atom. The molecule has 3 rings (SSSR count). The van der Waals surface area contributed by atoms with Crippen molar-refractivity contribution in [2.75, 3.05) is 0 Å². The van der Waals surface area contributed by atoms with Crippen molar-refractivity contribution in [1.82, 2.24) is 9.97 Å². The van der Waals surface area contributed by atoms with Crippen LogP contribution in [0.15, 0.2) is 60.8 Å². The molecule has 1 aromatic carbocycles. The van der Waals surface area contributed by atoms with E-state index >= 15 is 0 Å². The molecule has 0 saturated carbocycles. The van der Waals surface area contributed by atoms with Crippen LogP contribution in [0.2, 0.25) is 0 Å². The molecule has 0 aliphatic heterocycles. The first-order valence-electron chi connectivity index (χ1n) is 6.12. The van der Waals surface area contributed by atoms with E-state index in [4.69, 9.17) is 0 Å². The molecule has 2 nitrogen and oxygen atoms in total. The van der Waals surface area contributed by atoms with Crippen molar-refractivity contribution < 1.29 is 0 Å². The Morgan fingerprint density at radius 2 is 2.00 bits per heavy atom. The highest BCUT2D eigenvalue weighted by atomic mass is 14.9. The molecular weight excluding hydrogens is 220 g/mol. The number of para-hydroxylation sites is 1. The van der Waals surface area contributed by atoms with E-state index in [1.54, 1.807) is 0 Å². The lowest BCUT2D eigenvalue weighted by Crippen LogP contribution is -1.92. The number of hydrogen-bond acceptors (Lipinski definition) is 2. The summed E-state index contributed by atoms with van der Waals surface area (Å²) < 4.78 is 0. The lowest BCUT2D eigenvalue weighted by Gasteiger charge is -2.02. The average Bonchev–Trinajstić information content (AvgIpc) is 2.63. The van der Waals surface area contributed by atoms with Gasteiger partial charge in [-0.3, -0.25) is 0 Å². The van der Waals surface area contributed by atoms with E-state index in [1.807, 2.05) is 30.5 Å². The molecular formula is C16H14N2. The maximum absolute atomic E-state index is 4.60. The minimum Gasteiger partial charge on any atom is -0.236 e. The second-order valence-electron chi connectivity index (χ2n) is 4.48. The van der Waals surface area contributed by atoms with Crippen LogP contribution in [-0.4, -0.2) is 9.97 Å². The van der Waals surface area contributed by atoms with E-state index in [-0.39, 0.29) is 0 Å². The van der Waals surface area contributed by atoms with Crippen molar-refractivity contribution in [1.29, 1.82) is 0 Å². The van der Waals surface area contributed by atoms with Crippen LogP contribution in [0.1, 0.15) is 12.7 Å². The van der Waals surface area contributed by atoms with Crippen LogP contribution >= 0.6 is 0 Å². The van der Waals surface area contributed by atoms with Crippen molar-refractivity contribution in [2.24, 2.45) is 5.92 Å². The van der Waals surface area contributed by atoms with Crippen molar-refractivity contribution in [3.63, 3.8) is 0 Å². The standard InChI is InChI=1S/C16H14N2/c1-12-5-4-7-13(10-9-12)16-17-11-14-6-2-3-8-15(14)18-16/h2-12H,1H3. The van der Waals surface area contributed by atoms with E-state index in [1.165, 1.54) is 0 Å². The molecule has 0 saturated heterocycles. The van der Waals surface area contributed by atoms with Gasteiger partial charge in [0.05, 0.1) is 5.52 Å². The topological polar surface area (TPSA) is 25.8 Å². The van der Waals surface area contributed by atoms with Crippen molar-refractivity contribution in [3.8, 4) is 0 Å². The van der Waals surface area contributed by atoms with Gasteiger partial charge in [-0.05, 0) is 12.0 Å². The summed E-state index contributed by atoms with van der Waals surface area (Å²) in [5.74, 6) is 1.24. The number of aromatic nitrogens is 2. The van der Waals surface area contributed by atoms with Crippen molar-refractivity contribution >= 4 is 16.5 Å². The lowest BCUT2D eigenvalue weighted by atomic mass is 10.1. The molecule has 0 N–H and O–H groups in total. The molecule has 2 aromatic rings. The van der Waals surface area contributed by atoms with Crippen LogP contribution in [0.25, 0.3) is 16.5 Å². The van der Waals surface area contributed by atoms with Gasteiger partial charge in [0.25, 0.3) is 0 Å². The van der Waals surface area contributed by atoms with E-state index in [0.29, 0.717) is 5.92 Å². The molecule has 0 fully saturated rings. The monoisotopic (exact) mass is 234 g/mol. The summed E-state index contributed by atoms with van der Waals surface area (Å²) in [7, 11) is 0. The largest absolute Gasteiger partial charge is 0.236 e. The van der Waals surface area contributed by atoms with E-state index < -0.39 is 0 Å². The summed E-state index contributed by atoms with van der Waals surface area (Å²) >= 11 is 0. The molecule has 1 aliphatic carbocycles. The summed E-state index contributed by atoms with van der Waals surface area (Å²) in [6, 6.07) is 8.04. The van der Waals surface area contributed by atoms with Gasteiger partial charge in [-0.15, -0.1) is 0 Å². The maximum Gasteiger partial charge on any atom is 0.159 e. The molecule has 1 heterocycles. The molecule has 0 amide bonds. The smallest absolute Gasteiger partial charge is 0.159 e. The Kier molecular flexibility index (Phi) is 2.77. The lowest BCUT2D eigenvalue weighted by molar-refractivity contribution is 0.942. The van der Waals surface area contributed by atoms with Gasteiger partial charge in [-0.25, -0.2) is 9.97 Å². The molecule has 1 aliphatic rings. The number of fused-ring (bicyclic) bond motifs is 1. The summed E-state index contributed by atoms with van der Waals surface area (Å²) in [6.45, 7) is 2.16. The third kappa shape index (κ3) is 2.09. The quantitative estimate of drug-likeness (QED) is 0.750. The minimum atomic E-state index is 0.458. The van der Waals surface area contributed by atoms with E-state index in [9.17, 15) is 0 Å². The molecule has 0 bridgehead atoms. The Labute approximate surface area is 106 Å². The van der Waals surface area contributed by atoms with Crippen LogP contribution in [0.3, 0.4) is 0 Å². The van der Waals surface area contributed by atoms with Crippen molar-refractivity contribution in [2.45, 2.75) is 6.92 Å². The molecule has 88 valence electrons. The highest BCUT2D eigenvalue weighted by Gasteiger charge is 2.05. The first-order valence-corrected chi connectivity index (χ1v) is 6.12. The zero-order valence-electron chi connectivity index (χ0n) is 10.2. The van der Waals surface area contributed by atoms with Gasteiger partial charge < -0.3 is 0 Å². The fourth-order valence-corrected chi connectivity index (χ4v) is 1.97. The predicted molar refractivity (Wildman–Crippen MR) is 75.0 cm³/mol. The number of nitrogens with zero attached hydrogens (tertiary/aromatic N) is 2. The summed E-state index contributed by atoms with van der Waals surface area (Å²) in [6.07, 6.45) is 12.4. The highest BCUT2D eigenvalue weighted by molar-refractivity contribution is 5.80. The molecule has 0 radical (unpaired) electrons. The molecule has 1 atom stereocenters. The first kappa shape index (κ1) is 10.9. The number of benzene rings is 1. The predicted octanol–water partition coefficient (Wildman–Crippen LogP) is 3.78. The molecule has 1 unspecified atom stereocenters. The number of allylic oxidation sites excluding steroid dienone is 6. The second-order valence-corrected chi connectivity index (χ2v) is 4.48. The Balaban J connectivity index is 2.07. The van der Waals surface area contributed by atoms with Crippen LogP contribution in [-0.2, 0) is 0 Å². The molecule has 0 spiro atoms. The molecule has 1 aromatic heterocycles. The minimum absolute atomic E-state index is 0.458. The van der Waals surface area contributed by atoms with E-state index in [0.717, 1.165) is 22.3 Å². The summed E-state index contributed by atoms with van der Waals surface area (Å²) in [5, 5.41) is 1.07. The number of hydrogen-bond donors (Lipinski definition) is 0. The van der Waals surface area contributed by atoms with Crippen LogP contribution in [0.4, 0.5) is 0 Å². The van der Waals surface area contributed by atoms with Gasteiger partial charge in [0.1, 0.15) is 0 Å². The summed E-state index contributed by atoms with van der Waals surface area (Å²) in [5.41, 5.74) is 2.04. The Hall–Kier alpha value is -2.22.